The Morgan fingerprint density at radius 1 is 1.08 bits per heavy atom. The lowest BCUT2D eigenvalue weighted by atomic mass is 10.1. The van der Waals surface area contributed by atoms with E-state index in [4.69, 9.17) is 14.6 Å². The fourth-order valence-corrected chi connectivity index (χ4v) is 3.59. The van der Waals surface area contributed by atoms with Gasteiger partial charge >= 0.3 is 0 Å². The maximum absolute atomic E-state index is 11.8. The number of carbonyl (C=O) groups excluding carboxylic acids is 1. The maximum atomic E-state index is 11.8. The number of pyridine rings is 1. The number of nitrogens with one attached hydrogen (secondary N) is 1. The first kappa shape index (κ1) is 24.9. The van der Waals surface area contributed by atoms with Gasteiger partial charge in [0.2, 0.25) is 5.91 Å². The van der Waals surface area contributed by atoms with Crippen molar-refractivity contribution in [1.29, 1.82) is 0 Å². The van der Waals surface area contributed by atoms with Crippen LogP contribution in [0.4, 0.5) is 11.5 Å². The molecule has 36 heavy (non-hydrogen) atoms. The second-order valence-electron chi connectivity index (χ2n) is 8.54. The van der Waals surface area contributed by atoms with Gasteiger partial charge < -0.3 is 24.8 Å². The molecule has 0 radical (unpaired) electrons. The Hall–Kier alpha value is -4.24. The summed E-state index contributed by atoms with van der Waals surface area (Å²) in [6.45, 7) is 5.46. The van der Waals surface area contributed by atoms with Gasteiger partial charge in [-0.3, -0.25) is 9.78 Å². The van der Waals surface area contributed by atoms with Gasteiger partial charge in [-0.15, -0.1) is 0 Å². The topological polar surface area (TPSA) is 110 Å². The second-order valence-corrected chi connectivity index (χ2v) is 8.54. The highest BCUT2D eigenvalue weighted by molar-refractivity contribution is 5.95. The van der Waals surface area contributed by atoms with E-state index in [9.17, 15) is 4.79 Å². The van der Waals surface area contributed by atoms with E-state index in [2.05, 4.69) is 20.3 Å². The molecule has 2 aromatic heterocycles. The summed E-state index contributed by atoms with van der Waals surface area (Å²) < 4.78 is 12.0. The molecular formula is C27H29N5O4. The Kier molecular flexibility index (Phi) is 7.60. The van der Waals surface area contributed by atoms with Gasteiger partial charge in [0, 0.05) is 18.4 Å². The van der Waals surface area contributed by atoms with E-state index in [0.29, 0.717) is 17.3 Å². The van der Waals surface area contributed by atoms with Crippen molar-refractivity contribution in [3.05, 3.63) is 72.3 Å². The highest BCUT2D eigenvalue weighted by Crippen LogP contribution is 2.33. The summed E-state index contributed by atoms with van der Waals surface area (Å²) in [5.74, 6) is 2.23. The summed E-state index contributed by atoms with van der Waals surface area (Å²) in [7, 11) is 1.64. The summed E-state index contributed by atoms with van der Waals surface area (Å²) in [5, 5.41) is 13.2. The number of rotatable bonds is 9. The van der Waals surface area contributed by atoms with Crippen LogP contribution < -0.4 is 14.8 Å². The molecule has 0 aliphatic rings. The van der Waals surface area contributed by atoms with Crippen LogP contribution in [0.3, 0.4) is 0 Å². The summed E-state index contributed by atoms with van der Waals surface area (Å²) in [4.78, 5) is 26.3. The van der Waals surface area contributed by atoms with E-state index in [0.717, 1.165) is 33.6 Å². The number of fused-ring (bicyclic) bond motifs is 1. The van der Waals surface area contributed by atoms with Gasteiger partial charge in [-0.2, -0.15) is 0 Å². The average molecular weight is 488 g/mol. The number of anilines is 2. The largest absolute Gasteiger partial charge is 0.491 e. The molecule has 0 aliphatic carbocycles. The van der Waals surface area contributed by atoms with Crippen molar-refractivity contribution >= 4 is 28.3 Å². The molecule has 0 spiro atoms. The number of nitrogens with zero attached hydrogens (tertiary/aromatic N) is 4. The molecule has 2 aromatic carbocycles. The summed E-state index contributed by atoms with van der Waals surface area (Å²) in [5.41, 5.74) is 3.43. The summed E-state index contributed by atoms with van der Waals surface area (Å²) in [6.07, 6.45) is 3.20. The quantitative estimate of drug-likeness (QED) is 0.358. The van der Waals surface area contributed by atoms with Crippen molar-refractivity contribution in [3.63, 3.8) is 0 Å². The van der Waals surface area contributed by atoms with Crippen LogP contribution in [0.5, 0.6) is 17.2 Å². The first-order valence-electron chi connectivity index (χ1n) is 11.6. The lowest BCUT2D eigenvalue weighted by molar-refractivity contribution is -0.135. The number of benzene rings is 2. The molecule has 1 amide bonds. The molecule has 9 heteroatoms. The third kappa shape index (κ3) is 5.69. The van der Waals surface area contributed by atoms with Gasteiger partial charge in [-0.1, -0.05) is 6.07 Å². The fraction of sp³-hybridized carbons (Fsp3) is 0.259. The Balaban J connectivity index is 1.55. The molecule has 4 rings (SSSR count). The lowest BCUT2D eigenvalue weighted by Gasteiger charge is -2.24. The molecule has 1 unspecified atom stereocenters. The van der Waals surface area contributed by atoms with E-state index in [1.165, 1.54) is 11.2 Å². The van der Waals surface area contributed by atoms with Crippen LogP contribution in [0.25, 0.3) is 10.9 Å². The Bertz CT molecular complexity index is 1360. The zero-order chi connectivity index (χ0) is 25.7. The standard InChI is InChI=1S/C27H29N5O4/c1-17-12-20(9-11-23(17)36-21-10-8-18(2)28-13-21)31-27-26-22(29-16-30-27)6-5-7-24(26)35-15-19(3)32(4)25(34)14-33/h5-13,16,19,33H,14-15H2,1-4H3,(H,29,30,31). The number of ether oxygens (including phenoxy) is 2. The van der Waals surface area contributed by atoms with Gasteiger partial charge in [0.15, 0.2) is 0 Å². The number of aliphatic hydroxyl groups excluding tert-OH is 1. The number of amides is 1. The zero-order valence-electron chi connectivity index (χ0n) is 20.7. The molecule has 0 fully saturated rings. The van der Waals surface area contributed by atoms with Crippen molar-refractivity contribution in [3.8, 4) is 17.2 Å². The van der Waals surface area contributed by atoms with E-state index in [-0.39, 0.29) is 18.6 Å². The van der Waals surface area contributed by atoms with Crippen LogP contribution in [0.15, 0.2) is 61.1 Å². The predicted molar refractivity (Wildman–Crippen MR) is 138 cm³/mol. The zero-order valence-corrected chi connectivity index (χ0v) is 20.7. The molecule has 1 atom stereocenters. The van der Waals surface area contributed by atoms with Crippen molar-refractivity contribution in [2.75, 3.05) is 25.6 Å². The lowest BCUT2D eigenvalue weighted by Crippen LogP contribution is -2.40. The minimum atomic E-state index is -0.540. The van der Waals surface area contributed by atoms with E-state index in [1.807, 2.05) is 69.3 Å². The van der Waals surface area contributed by atoms with Gasteiger partial charge in [0.25, 0.3) is 0 Å². The van der Waals surface area contributed by atoms with Crippen LogP contribution >= 0.6 is 0 Å². The minimum absolute atomic E-state index is 0.236. The van der Waals surface area contributed by atoms with Gasteiger partial charge in [0.05, 0.1) is 23.1 Å². The second kappa shape index (κ2) is 11.0. The van der Waals surface area contributed by atoms with Crippen molar-refractivity contribution in [1.82, 2.24) is 19.9 Å². The molecule has 0 saturated carbocycles. The third-order valence-electron chi connectivity index (χ3n) is 5.84. The van der Waals surface area contributed by atoms with Crippen molar-refractivity contribution in [2.24, 2.45) is 0 Å². The van der Waals surface area contributed by atoms with E-state index < -0.39 is 6.61 Å². The number of hydrogen-bond acceptors (Lipinski definition) is 8. The maximum Gasteiger partial charge on any atom is 0.248 e. The number of aromatic nitrogens is 3. The molecular weight excluding hydrogens is 458 g/mol. The molecule has 186 valence electrons. The van der Waals surface area contributed by atoms with Crippen LogP contribution in [0, 0.1) is 13.8 Å². The van der Waals surface area contributed by atoms with Crippen LogP contribution in [0.2, 0.25) is 0 Å². The van der Waals surface area contributed by atoms with Crippen LogP contribution in [0.1, 0.15) is 18.2 Å². The molecule has 4 aromatic rings. The highest BCUT2D eigenvalue weighted by Gasteiger charge is 2.17. The third-order valence-corrected chi connectivity index (χ3v) is 5.84. The number of hydrogen-bond donors (Lipinski definition) is 2. The molecule has 0 saturated heterocycles. The highest BCUT2D eigenvalue weighted by atomic mass is 16.5. The van der Waals surface area contributed by atoms with Gasteiger partial charge in [0.1, 0.15) is 42.6 Å². The van der Waals surface area contributed by atoms with Crippen LogP contribution in [-0.2, 0) is 4.79 Å². The first-order valence-corrected chi connectivity index (χ1v) is 11.6. The number of likely N-dealkylation sites (N-methyl/N-ethyl adjacent to an activating group) is 1. The molecule has 2 N–H and O–H groups in total. The van der Waals surface area contributed by atoms with Crippen molar-refractivity contribution in [2.45, 2.75) is 26.8 Å². The minimum Gasteiger partial charge on any atom is -0.491 e. The summed E-state index contributed by atoms with van der Waals surface area (Å²) in [6, 6.07) is 14.9. The normalized spacial score (nSPS) is 11.7. The smallest absolute Gasteiger partial charge is 0.248 e. The van der Waals surface area contributed by atoms with E-state index >= 15 is 0 Å². The monoisotopic (exact) mass is 487 g/mol. The molecule has 0 bridgehead atoms. The number of aliphatic hydroxyl groups is 1. The molecule has 9 nitrogen and oxygen atoms in total. The molecule has 2 heterocycles. The first-order chi connectivity index (χ1) is 17.4. The number of carbonyl (C=O) groups is 1. The van der Waals surface area contributed by atoms with Crippen LogP contribution in [-0.4, -0.2) is 57.2 Å². The SMILES string of the molecule is Cc1ccc(Oc2ccc(Nc3ncnc4cccc(OCC(C)N(C)C(=O)CO)c34)cc2C)cn1. The Labute approximate surface area is 209 Å². The van der Waals surface area contributed by atoms with Gasteiger partial charge in [-0.05, 0) is 68.8 Å². The molecule has 0 aliphatic heterocycles. The van der Waals surface area contributed by atoms with E-state index in [1.54, 1.807) is 13.2 Å². The van der Waals surface area contributed by atoms with Gasteiger partial charge in [-0.25, -0.2) is 9.97 Å². The Morgan fingerprint density at radius 2 is 1.92 bits per heavy atom. The van der Waals surface area contributed by atoms with Crippen molar-refractivity contribution < 1.29 is 19.4 Å². The number of aryl methyl sites for hydroxylation is 2. The fourth-order valence-electron chi connectivity index (χ4n) is 3.59. The Morgan fingerprint density at radius 3 is 2.64 bits per heavy atom. The summed E-state index contributed by atoms with van der Waals surface area (Å²) >= 11 is 0. The average Bonchev–Trinajstić information content (AvgIpc) is 2.89. The predicted octanol–water partition coefficient (Wildman–Crippen LogP) is 4.40.